The van der Waals surface area contributed by atoms with Gasteiger partial charge in [0.05, 0.1) is 25.5 Å². The zero-order valence-electron chi connectivity index (χ0n) is 17.2. The predicted octanol–water partition coefficient (Wildman–Crippen LogP) is 3.36. The monoisotopic (exact) mass is 456 g/mol. The summed E-state index contributed by atoms with van der Waals surface area (Å²) in [5, 5.41) is 4.82. The molecule has 0 aliphatic carbocycles. The van der Waals surface area contributed by atoms with Gasteiger partial charge in [-0.1, -0.05) is 0 Å². The molecule has 0 heterocycles. The second kappa shape index (κ2) is 10.4. The first-order valence-electron chi connectivity index (χ1n) is 8.88. The molecule has 172 valence electrons. The lowest BCUT2D eigenvalue weighted by molar-refractivity contribution is -0.274. The standard InChI is InChI=1S/C20H19F3N2O7/c1-11(26)24-15-9-17(30-3)16(29-2)8-14(15)19(28)31-10-18(27)25-12-4-6-13(7-5-12)32-20(21,22)23/h4-9H,10H2,1-3H3,(H,24,26)(H,25,27). The van der Waals surface area contributed by atoms with Gasteiger partial charge in [-0.05, 0) is 24.3 Å². The van der Waals surface area contributed by atoms with Crippen molar-refractivity contribution < 1.29 is 46.5 Å². The molecular formula is C20H19F3N2O7. The highest BCUT2D eigenvalue weighted by atomic mass is 19.4. The van der Waals surface area contributed by atoms with Gasteiger partial charge in [0.1, 0.15) is 5.75 Å². The number of rotatable bonds is 8. The number of benzene rings is 2. The number of esters is 1. The minimum absolute atomic E-state index is 0.0840. The Labute approximate surface area is 180 Å². The van der Waals surface area contributed by atoms with Gasteiger partial charge < -0.3 is 29.6 Å². The van der Waals surface area contributed by atoms with Crippen LogP contribution in [0.15, 0.2) is 36.4 Å². The Hall–Kier alpha value is -3.96. The zero-order chi connectivity index (χ0) is 23.9. The molecule has 0 aliphatic heterocycles. The Morgan fingerprint density at radius 1 is 0.938 bits per heavy atom. The van der Waals surface area contributed by atoms with Crippen LogP contribution in [0.4, 0.5) is 24.5 Å². The molecule has 0 saturated carbocycles. The van der Waals surface area contributed by atoms with Gasteiger partial charge in [0, 0.05) is 24.7 Å². The average Bonchev–Trinajstić information content (AvgIpc) is 2.71. The number of ether oxygens (including phenoxy) is 4. The van der Waals surface area contributed by atoms with Crippen molar-refractivity contribution in [3.8, 4) is 17.2 Å². The van der Waals surface area contributed by atoms with Crippen LogP contribution in [0.3, 0.4) is 0 Å². The summed E-state index contributed by atoms with van der Waals surface area (Å²) in [6.45, 7) is 0.539. The molecule has 0 aromatic heterocycles. The van der Waals surface area contributed by atoms with Gasteiger partial charge in [-0.3, -0.25) is 9.59 Å². The van der Waals surface area contributed by atoms with Crippen LogP contribution >= 0.6 is 0 Å². The van der Waals surface area contributed by atoms with Crippen molar-refractivity contribution in [2.75, 3.05) is 31.5 Å². The van der Waals surface area contributed by atoms with Crippen molar-refractivity contribution in [3.63, 3.8) is 0 Å². The van der Waals surface area contributed by atoms with Crippen molar-refractivity contribution in [1.82, 2.24) is 0 Å². The number of hydrogen-bond donors (Lipinski definition) is 2. The largest absolute Gasteiger partial charge is 0.573 e. The Balaban J connectivity index is 2.05. The third-order valence-corrected chi connectivity index (χ3v) is 3.76. The molecule has 12 heteroatoms. The number of nitrogens with one attached hydrogen (secondary N) is 2. The van der Waals surface area contributed by atoms with E-state index >= 15 is 0 Å². The van der Waals surface area contributed by atoms with Crippen LogP contribution in [0, 0.1) is 0 Å². The van der Waals surface area contributed by atoms with Crippen LogP contribution in [-0.2, 0) is 14.3 Å². The van der Waals surface area contributed by atoms with E-state index in [4.69, 9.17) is 14.2 Å². The highest BCUT2D eigenvalue weighted by molar-refractivity contribution is 6.02. The number of alkyl halides is 3. The molecule has 2 aromatic carbocycles. The number of anilines is 2. The topological polar surface area (TPSA) is 112 Å². The Kier molecular flexibility index (Phi) is 7.88. The summed E-state index contributed by atoms with van der Waals surface area (Å²) in [5.74, 6) is -2.14. The Bertz CT molecular complexity index is 992. The molecule has 2 aromatic rings. The van der Waals surface area contributed by atoms with Gasteiger partial charge in [0.15, 0.2) is 18.1 Å². The number of amides is 2. The quantitative estimate of drug-likeness (QED) is 0.586. The van der Waals surface area contributed by atoms with E-state index in [0.29, 0.717) is 0 Å². The van der Waals surface area contributed by atoms with E-state index in [1.165, 1.54) is 45.4 Å². The minimum atomic E-state index is -4.83. The summed E-state index contributed by atoms with van der Waals surface area (Å²) < 4.78 is 55.5. The van der Waals surface area contributed by atoms with Crippen molar-refractivity contribution >= 4 is 29.2 Å². The summed E-state index contributed by atoms with van der Waals surface area (Å²) in [5.41, 5.74) is 0.158. The van der Waals surface area contributed by atoms with Crippen LogP contribution in [0.2, 0.25) is 0 Å². The predicted molar refractivity (Wildman–Crippen MR) is 106 cm³/mol. The molecule has 2 amide bonds. The summed E-state index contributed by atoms with van der Waals surface area (Å²) in [6.07, 6.45) is -4.83. The molecule has 2 rings (SSSR count). The fourth-order valence-electron chi connectivity index (χ4n) is 2.49. The molecule has 0 saturated heterocycles. The molecule has 0 atom stereocenters. The van der Waals surface area contributed by atoms with Gasteiger partial charge >= 0.3 is 12.3 Å². The number of carbonyl (C=O) groups is 3. The van der Waals surface area contributed by atoms with Gasteiger partial charge in [0.2, 0.25) is 5.91 Å². The van der Waals surface area contributed by atoms with E-state index in [1.54, 1.807) is 0 Å². The smallest absolute Gasteiger partial charge is 0.493 e. The second-order valence-corrected chi connectivity index (χ2v) is 6.13. The lowest BCUT2D eigenvalue weighted by Crippen LogP contribution is -2.22. The van der Waals surface area contributed by atoms with E-state index < -0.39 is 36.5 Å². The first kappa shape index (κ1) is 24.3. The third-order valence-electron chi connectivity index (χ3n) is 3.76. The van der Waals surface area contributed by atoms with E-state index in [9.17, 15) is 27.6 Å². The highest BCUT2D eigenvalue weighted by Gasteiger charge is 2.31. The van der Waals surface area contributed by atoms with Crippen molar-refractivity contribution in [2.24, 2.45) is 0 Å². The second-order valence-electron chi connectivity index (χ2n) is 6.13. The van der Waals surface area contributed by atoms with Gasteiger partial charge in [0.25, 0.3) is 5.91 Å². The van der Waals surface area contributed by atoms with E-state index in [0.717, 1.165) is 12.1 Å². The zero-order valence-corrected chi connectivity index (χ0v) is 17.2. The summed E-state index contributed by atoms with van der Waals surface area (Å²) >= 11 is 0. The molecule has 9 nitrogen and oxygen atoms in total. The highest BCUT2D eigenvalue weighted by Crippen LogP contribution is 2.34. The van der Waals surface area contributed by atoms with Crippen molar-refractivity contribution in [1.29, 1.82) is 0 Å². The number of methoxy groups -OCH3 is 2. The van der Waals surface area contributed by atoms with Gasteiger partial charge in [-0.15, -0.1) is 13.2 Å². The maximum Gasteiger partial charge on any atom is 0.573 e. The van der Waals surface area contributed by atoms with Crippen LogP contribution < -0.4 is 24.8 Å². The number of hydrogen-bond acceptors (Lipinski definition) is 7. The van der Waals surface area contributed by atoms with Crippen molar-refractivity contribution in [2.45, 2.75) is 13.3 Å². The first-order valence-corrected chi connectivity index (χ1v) is 8.88. The summed E-state index contributed by atoms with van der Waals surface area (Å²) in [6, 6.07) is 7.04. The van der Waals surface area contributed by atoms with Crippen LogP contribution in [0.25, 0.3) is 0 Å². The lowest BCUT2D eigenvalue weighted by atomic mass is 10.1. The first-order chi connectivity index (χ1) is 15.0. The van der Waals surface area contributed by atoms with Crippen LogP contribution in [0.1, 0.15) is 17.3 Å². The number of halogens is 3. The minimum Gasteiger partial charge on any atom is -0.493 e. The third kappa shape index (κ3) is 7.07. The summed E-state index contributed by atoms with van der Waals surface area (Å²) in [4.78, 5) is 36.0. The molecule has 32 heavy (non-hydrogen) atoms. The van der Waals surface area contributed by atoms with E-state index in [2.05, 4.69) is 15.4 Å². The molecular weight excluding hydrogens is 437 g/mol. The fraction of sp³-hybridized carbons (Fsp3) is 0.250. The van der Waals surface area contributed by atoms with Crippen LogP contribution in [-0.4, -0.2) is 45.0 Å². The number of carbonyl (C=O) groups excluding carboxylic acids is 3. The van der Waals surface area contributed by atoms with Crippen LogP contribution in [0.5, 0.6) is 17.2 Å². The maximum absolute atomic E-state index is 12.5. The normalized spacial score (nSPS) is 10.7. The lowest BCUT2D eigenvalue weighted by Gasteiger charge is -2.14. The summed E-state index contributed by atoms with van der Waals surface area (Å²) in [7, 11) is 2.73. The molecule has 0 bridgehead atoms. The average molecular weight is 456 g/mol. The Morgan fingerprint density at radius 2 is 1.53 bits per heavy atom. The molecule has 0 spiro atoms. The van der Waals surface area contributed by atoms with Gasteiger partial charge in [-0.25, -0.2) is 4.79 Å². The maximum atomic E-state index is 12.5. The fourth-order valence-corrected chi connectivity index (χ4v) is 2.49. The molecule has 2 N–H and O–H groups in total. The molecule has 0 radical (unpaired) electrons. The van der Waals surface area contributed by atoms with Crippen molar-refractivity contribution in [3.05, 3.63) is 42.0 Å². The van der Waals surface area contributed by atoms with Gasteiger partial charge in [-0.2, -0.15) is 0 Å². The molecule has 0 fully saturated rings. The van der Waals surface area contributed by atoms with E-state index in [1.807, 2.05) is 0 Å². The SMILES string of the molecule is COc1cc(NC(C)=O)c(C(=O)OCC(=O)Nc2ccc(OC(F)(F)F)cc2)cc1OC. The van der Waals surface area contributed by atoms with E-state index in [-0.39, 0.29) is 28.4 Å². The molecule has 0 unspecified atom stereocenters. The Morgan fingerprint density at radius 3 is 2.06 bits per heavy atom. The molecule has 0 aliphatic rings.